The van der Waals surface area contributed by atoms with Crippen molar-refractivity contribution >= 4 is 22.5 Å². The van der Waals surface area contributed by atoms with Crippen molar-refractivity contribution < 1.29 is 0 Å². The molecule has 0 saturated heterocycles. The van der Waals surface area contributed by atoms with Gasteiger partial charge in [-0.1, -0.05) is 5.92 Å². The smallest absolute Gasteiger partial charge is 0.257 e. The van der Waals surface area contributed by atoms with E-state index in [1.54, 1.807) is 17.7 Å². The predicted molar refractivity (Wildman–Crippen MR) is 65.3 cm³/mol. The Morgan fingerprint density at radius 3 is 3.06 bits per heavy atom. The molecule has 1 aromatic carbocycles. The van der Waals surface area contributed by atoms with Crippen LogP contribution in [0.15, 0.2) is 24.5 Å². The highest BCUT2D eigenvalue weighted by atomic mass is 15.3. The summed E-state index contributed by atoms with van der Waals surface area (Å²) in [6.45, 7) is 1.81. The van der Waals surface area contributed by atoms with E-state index in [9.17, 15) is 0 Å². The minimum atomic E-state index is 0.455. The van der Waals surface area contributed by atoms with Gasteiger partial charge in [0.25, 0.3) is 5.78 Å². The first-order valence-corrected chi connectivity index (χ1v) is 5.11. The number of hydrogen-bond acceptors (Lipinski definition) is 4. The topological polar surface area (TPSA) is 69.1 Å². The van der Waals surface area contributed by atoms with Crippen molar-refractivity contribution in [2.24, 2.45) is 0 Å². The third-order valence-electron chi connectivity index (χ3n) is 2.55. The average Bonchev–Trinajstić information content (AvgIpc) is 2.78. The van der Waals surface area contributed by atoms with Crippen LogP contribution in [0.25, 0.3) is 16.7 Å². The summed E-state index contributed by atoms with van der Waals surface area (Å²) in [7, 11) is 0. The first-order valence-electron chi connectivity index (χ1n) is 5.11. The Morgan fingerprint density at radius 2 is 2.24 bits per heavy atom. The summed E-state index contributed by atoms with van der Waals surface area (Å²) in [4.78, 5) is 4.17. The average molecular weight is 223 g/mol. The molecule has 0 atom stereocenters. The third-order valence-corrected chi connectivity index (χ3v) is 2.55. The van der Waals surface area contributed by atoms with Gasteiger partial charge in [-0.15, -0.1) is 16.1 Å². The molecule has 0 aliphatic rings. The first-order chi connectivity index (χ1) is 8.29. The summed E-state index contributed by atoms with van der Waals surface area (Å²) in [5, 5.41) is 8.59. The minimum absolute atomic E-state index is 0.455. The van der Waals surface area contributed by atoms with Crippen molar-refractivity contribution in [1.82, 2.24) is 19.6 Å². The van der Waals surface area contributed by atoms with Crippen LogP contribution in [-0.4, -0.2) is 19.6 Å². The second kappa shape index (κ2) is 3.46. The van der Waals surface area contributed by atoms with Gasteiger partial charge in [-0.3, -0.25) is 4.40 Å². The van der Waals surface area contributed by atoms with E-state index >= 15 is 0 Å². The number of benzene rings is 1. The van der Waals surface area contributed by atoms with E-state index in [1.165, 1.54) is 0 Å². The maximum atomic E-state index is 5.88. The van der Waals surface area contributed by atoms with Crippen LogP contribution in [-0.2, 0) is 0 Å². The molecule has 0 saturated carbocycles. The van der Waals surface area contributed by atoms with Crippen molar-refractivity contribution in [1.29, 1.82) is 0 Å². The molecule has 0 spiro atoms. The zero-order chi connectivity index (χ0) is 11.8. The molecule has 0 aliphatic heterocycles. The van der Waals surface area contributed by atoms with E-state index in [4.69, 9.17) is 5.73 Å². The van der Waals surface area contributed by atoms with Crippen LogP contribution >= 0.6 is 0 Å². The summed E-state index contributed by atoms with van der Waals surface area (Å²) < 4.78 is 1.80. The fourth-order valence-corrected chi connectivity index (χ4v) is 1.81. The second-order valence-electron chi connectivity index (χ2n) is 3.60. The van der Waals surface area contributed by atoms with E-state index < -0.39 is 0 Å². The molecule has 0 bridgehead atoms. The van der Waals surface area contributed by atoms with Gasteiger partial charge in [0, 0.05) is 10.9 Å². The summed E-state index contributed by atoms with van der Waals surface area (Å²) in [5.41, 5.74) is 7.72. The van der Waals surface area contributed by atoms with E-state index in [-0.39, 0.29) is 0 Å². The lowest BCUT2D eigenvalue weighted by atomic mass is 10.1. The highest BCUT2D eigenvalue weighted by Gasteiger charge is 2.07. The number of hydrogen-bond donors (Lipinski definition) is 1. The zero-order valence-electron chi connectivity index (χ0n) is 9.18. The lowest BCUT2D eigenvalue weighted by Gasteiger charge is -2.04. The van der Waals surface area contributed by atoms with Crippen LogP contribution in [0.3, 0.4) is 0 Å². The number of nitrogen functional groups attached to an aromatic ring is 1. The molecule has 3 rings (SSSR count). The Balaban J connectivity index is 2.49. The molecule has 17 heavy (non-hydrogen) atoms. The maximum absolute atomic E-state index is 5.88. The van der Waals surface area contributed by atoms with Crippen LogP contribution in [0.2, 0.25) is 0 Å². The molecule has 0 radical (unpaired) electrons. The number of nitrogens with zero attached hydrogens (tertiary/aromatic N) is 4. The lowest BCUT2D eigenvalue weighted by Crippen LogP contribution is -1.98. The van der Waals surface area contributed by atoms with Crippen molar-refractivity contribution in [2.45, 2.75) is 6.92 Å². The largest absolute Gasteiger partial charge is 0.383 e. The van der Waals surface area contributed by atoms with E-state index in [0.717, 1.165) is 16.5 Å². The number of fused-ring (bicyclic) bond motifs is 3. The Bertz CT molecular complexity index is 776. The van der Waals surface area contributed by atoms with Crippen molar-refractivity contribution in [3.05, 3.63) is 30.1 Å². The number of nitrogens with two attached hydrogens (primary N) is 1. The van der Waals surface area contributed by atoms with E-state index in [1.807, 2.05) is 18.2 Å². The SMILES string of the molecule is CC#Cc1ccc2c(N)nc3nncn3c2c1. The summed E-state index contributed by atoms with van der Waals surface area (Å²) in [6.07, 6.45) is 1.62. The zero-order valence-corrected chi connectivity index (χ0v) is 9.18. The molecule has 5 nitrogen and oxygen atoms in total. The van der Waals surface area contributed by atoms with Crippen LogP contribution in [0, 0.1) is 11.8 Å². The minimum Gasteiger partial charge on any atom is -0.383 e. The van der Waals surface area contributed by atoms with E-state index in [0.29, 0.717) is 11.6 Å². The highest BCUT2D eigenvalue weighted by molar-refractivity contribution is 5.90. The van der Waals surface area contributed by atoms with Gasteiger partial charge in [-0.2, -0.15) is 4.98 Å². The van der Waals surface area contributed by atoms with E-state index in [2.05, 4.69) is 27.0 Å². The molecule has 0 fully saturated rings. The van der Waals surface area contributed by atoms with Crippen LogP contribution < -0.4 is 5.73 Å². The quantitative estimate of drug-likeness (QED) is 0.582. The molecular formula is C12H9N5. The molecule has 0 aliphatic carbocycles. The second-order valence-corrected chi connectivity index (χ2v) is 3.60. The Kier molecular flexibility index (Phi) is 1.95. The van der Waals surface area contributed by atoms with Gasteiger partial charge in [0.05, 0.1) is 5.52 Å². The van der Waals surface area contributed by atoms with Gasteiger partial charge < -0.3 is 5.73 Å². The number of rotatable bonds is 0. The molecule has 2 heterocycles. The van der Waals surface area contributed by atoms with Crippen molar-refractivity contribution in [3.63, 3.8) is 0 Å². The van der Waals surface area contributed by atoms with Gasteiger partial charge >= 0.3 is 0 Å². The molecule has 3 aromatic rings. The fraction of sp³-hybridized carbons (Fsp3) is 0.0833. The molecule has 2 N–H and O–H groups in total. The summed E-state index contributed by atoms with van der Waals surface area (Å²) in [6, 6.07) is 5.80. The predicted octanol–water partition coefficient (Wildman–Crippen LogP) is 1.23. The highest BCUT2D eigenvalue weighted by Crippen LogP contribution is 2.21. The Morgan fingerprint density at radius 1 is 1.35 bits per heavy atom. The van der Waals surface area contributed by atoms with Gasteiger partial charge in [0.15, 0.2) is 0 Å². The van der Waals surface area contributed by atoms with Crippen molar-refractivity contribution in [3.8, 4) is 11.8 Å². The normalized spacial score (nSPS) is 10.4. The molecule has 0 unspecified atom stereocenters. The number of anilines is 1. The third kappa shape index (κ3) is 1.39. The van der Waals surface area contributed by atoms with Crippen LogP contribution in [0.5, 0.6) is 0 Å². The van der Waals surface area contributed by atoms with Gasteiger partial charge in [-0.25, -0.2) is 0 Å². The molecule has 82 valence electrons. The Labute approximate surface area is 97.3 Å². The molecule has 5 heteroatoms. The first kappa shape index (κ1) is 9.60. The Hall–Kier alpha value is -2.61. The van der Waals surface area contributed by atoms with Crippen LogP contribution in [0.1, 0.15) is 12.5 Å². The maximum Gasteiger partial charge on any atom is 0.257 e. The standard InChI is InChI=1S/C12H9N5/c1-2-3-8-4-5-9-10(6-8)17-7-14-16-12(17)15-11(9)13/h4-7H,1H3,(H2,13,15,16). The van der Waals surface area contributed by atoms with Gasteiger partial charge in [-0.05, 0) is 25.1 Å². The van der Waals surface area contributed by atoms with Crippen molar-refractivity contribution in [2.75, 3.05) is 5.73 Å². The lowest BCUT2D eigenvalue weighted by molar-refractivity contribution is 1.10. The van der Waals surface area contributed by atoms with Gasteiger partial charge in [0.2, 0.25) is 0 Å². The van der Waals surface area contributed by atoms with Crippen LogP contribution in [0.4, 0.5) is 5.82 Å². The monoisotopic (exact) mass is 223 g/mol. The summed E-state index contributed by atoms with van der Waals surface area (Å²) >= 11 is 0. The molecule has 0 amide bonds. The molecular weight excluding hydrogens is 214 g/mol. The fourth-order valence-electron chi connectivity index (χ4n) is 1.81. The summed E-state index contributed by atoms with van der Waals surface area (Å²) in [5.74, 6) is 6.83. The number of aromatic nitrogens is 4. The van der Waals surface area contributed by atoms with Gasteiger partial charge in [0.1, 0.15) is 12.1 Å². The molecule has 2 aromatic heterocycles.